The Hall–Kier alpha value is -6.37. The van der Waals surface area contributed by atoms with Crippen LogP contribution in [-0.2, 0) is 74.6 Å². The van der Waals surface area contributed by atoms with E-state index in [-0.39, 0.29) is 55.7 Å². The van der Waals surface area contributed by atoms with Crippen LogP contribution in [0.4, 0.5) is 10.5 Å². The summed E-state index contributed by atoms with van der Waals surface area (Å²) in [5.74, 6) is -2.20. The molecule has 3 atom stereocenters. The number of pyridine rings is 2. The lowest BCUT2D eigenvalue weighted by Gasteiger charge is -2.35. The number of nitrogens with two attached hydrogens (primary N) is 1. The molecule has 18 heteroatoms. The van der Waals surface area contributed by atoms with Gasteiger partial charge in [0.1, 0.15) is 38.2 Å². The van der Waals surface area contributed by atoms with Gasteiger partial charge < -0.3 is 55.0 Å². The summed E-state index contributed by atoms with van der Waals surface area (Å²) >= 11 is 0. The second kappa shape index (κ2) is 20.7. The number of cyclic esters (lactones) is 1. The molecule has 2 aliphatic heterocycles. The number of ether oxygens (including phenoxy) is 5. The molecule has 0 radical (unpaired) electrons. The largest absolute Gasteiger partial charge is 0.510 e. The Balaban J connectivity index is 1.08. The number of benzene rings is 2. The zero-order valence-corrected chi connectivity index (χ0v) is 35.9. The van der Waals surface area contributed by atoms with Crippen molar-refractivity contribution in [3.8, 4) is 17.1 Å². The van der Waals surface area contributed by atoms with Crippen molar-refractivity contribution < 1.29 is 52.8 Å². The average Bonchev–Trinajstić information content (AvgIpc) is 3.63. The molecule has 336 valence electrons. The van der Waals surface area contributed by atoms with E-state index in [0.717, 1.165) is 16.5 Å². The smallest absolute Gasteiger partial charge is 0.508 e. The van der Waals surface area contributed by atoms with Crippen LogP contribution in [-0.4, -0.2) is 89.6 Å². The first-order valence-corrected chi connectivity index (χ1v) is 21.1. The van der Waals surface area contributed by atoms with Gasteiger partial charge in [-0.05, 0) is 100 Å². The van der Waals surface area contributed by atoms with Gasteiger partial charge in [-0.2, -0.15) is 0 Å². The standard InChI is InChI=1S/C45H54N6O12/c1-5-30-31-18-29(52)15-16-35(31)50-40-32(30)20-51-37(40)19-34-33(42(51)56)23-61-43(57)45(34,6-2)63-44(58)62-22-27-11-13-28(14-12-27)48-41(55)36(10-8-9-17-46)49-39(54)25-60-24-38(53)47-26(4)21-59-7-3/h11-16,18-19,26,36,52H,5-10,17,20-25,46H2,1-4H3,(H,47,53)(H,48,55)(H,49,54). The minimum atomic E-state index is -1.98. The van der Waals surface area contributed by atoms with Crippen LogP contribution < -0.4 is 27.2 Å². The summed E-state index contributed by atoms with van der Waals surface area (Å²) in [6, 6.07) is 11.8. The van der Waals surface area contributed by atoms with Gasteiger partial charge in [-0.25, -0.2) is 14.6 Å². The SMILES string of the molecule is CCOCC(C)NC(=O)COCC(=O)NC(CCCCN)C(=O)Nc1ccc(COC(=O)OC2(CC)C(=O)OCc3c2cc2n(c3=O)Cc3c-2nc2ccc(O)cc2c3CC)cc1. The third-order valence-corrected chi connectivity index (χ3v) is 11.0. The summed E-state index contributed by atoms with van der Waals surface area (Å²) in [5.41, 5.74) is 7.99. The number of phenolic OH excluding ortho intramolecular Hbond substituents is 1. The van der Waals surface area contributed by atoms with Gasteiger partial charge in [-0.3, -0.25) is 19.2 Å². The van der Waals surface area contributed by atoms with Crippen LogP contribution >= 0.6 is 0 Å². The fourth-order valence-electron chi connectivity index (χ4n) is 7.83. The van der Waals surface area contributed by atoms with Crippen LogP contribution in [0.15, 0.2) is 53.3 Å². The van der Waals surface area contributed by atoms with Gasteiger partial charge in [-0.1, -0.05) is 26.0 Å². The first-order chi connectivity index (χ1) is 30.3. The van der Waals surface area contributed by atoms with Gasteiger partial charge in [-0.15, -0.1) is 0 Å². The maximum atomic E-state index is 14.0. The Morgan fingerprint density at radius 2 is 1.71 bits per heavy atom. The van der Waals surface area contributed by atoms with Crippen LogP contribution in [0.3, 0.4) is 0 Å². The Labute approximate surface area is 363 Å². The molecule has 0 bridgehead atoms. The van der Waals surface area contributed by atoms with Crippen molar-refractivity contribution in [1.82, 2.24) is 20.2 Å². The normalized spacial score (nSPS) is 15.9. The van der Waals surface area contributed by atoms with Crippen LogP contribution in [0.1, 0.15) is 81.2 Å². The number of phenols is 1. The summed E-state index contributed by atoms with van der Waals surface area (Å²) < 4.78 is 28.8. The highest BCUT2D eigenvalue weighted by molar-refractivity contribution is 5.97. The lowest BCUT2D eigenvalue weighted by atomic mass is 9.85. The zero-order chi connectivity index (χ0) is 45.3. The summed E-state index contributed by atoms with van der Waals surface area (Å²) in [6.07, 6.45) is 0.897. The van der Waals surface area contributed by atoms with E-state index in [1.165, 1.54) is 0 Å². The van der Waals surface area contributed by atoms with E-state index >= 15 is 0 Å². The number of nitrogens with one attached hydrogen (secondary N) is 3. The molecule has 0 spiro atoms. The number of aromatic nitrogens is 2. The number of nitrogens with zero attached hydrogens (tertiary/aromatic N) is 2. The fourth-order valence-corrected chi connectivity index (χ4v) is 7.83. The van der Waals surface area contributed by atoms with Crippen LogP contribution in [0.25, 0.3) is 22.3 Å². The molecule has 2 aromatic carbocycles. The molecule has 6 rings (SSSR count). The van der Waals surface area contributed by atoms with Gasteiger partial charge in [0.2, 0.25) is 23.3 Å². The number of anilines is 1. The monoisotopic (exact) mass is 870 g/mol. The highest BCUT2D eigenvalue weighted by Gasteiger charge is 2.51. The second-order valence-electron chi connectivity index (χ2n) is 15.4. The van der Waals surface area contributed by atoms with Crippen molar-refractivity contribution in [1.29, 1.82) is 0 Å². The van der Waals surface area contributed by atoms with Crippen molar-refractivity contribution in [2.75, 3.05) is 38.3 Å². The van der Waals surface area contributed by atoms with Crippen molar-refractivity contribution in [3.05, 3.63) is 86.7 Å². The van der Waals surface area contributed by atoms with Crippen LogP contribution in [0, 0.1) is 0 Å². The maximum absolute atomic E-state index is 14.0. The molecular formula is C45H54N6O12. The number of hydrogen-bond acceptors (Lipinski definition) is 14. The topological polar surface area (TPSA) is 249 Å². The molecule has 0 saturated heterocycles. The third-order valence-electron chi connectivity index (χ3n) is 11.0. The highest BCUT2D eigenvalue weighted by atomic mass is 16.7. The Morgan fingerprint density at radius 3 is 2.41 bits per heavy atom. The van der Waals surface area contributed by atoms with E-state index in [1.807, 2.05) is 13.8 Å². The molecular weight excluding hydrogens is 817 g/mol. The van der Waals surface area contributed by atoms with Gasteiger partial charge in [0.15, 0.2) is 0 Å². The van der Waals surface area contributed by atoms with Crippen molar-refractivity contribution in [2.24, 2.45) is 5.73 Å². The number of aryl methyl sites for hydroxylation is 1. The number of hydrogen-bond donors (Lipinski definition) is 5. The van der Waals surface area contributed by atoms with Gasteiger partial charge >= 0.3 is 12.1 Å². The quantitative estimate of drug-likeness (QED) is 0.0552. The molecule has 0 aliphatic carbocycles. The molecule has 3 unspecified atom stereocenters. The number of rotatable bonds is 20. The molecule has 0 fully saturated rings. The summed E-state index contributed by atoms with van der Waals surface area (Å²) in [4.78, 5) is 83.9. The average molecular weight is 871 g/mol. The molecule has 2 aromatic heterocycles. The predicted molar refractivity (Wildman–Crippen MR) is 229 cm³/mol. The highest BCUT2D eigenvalue weighted by Crippen LogP contribution is 2.42. The van der Waals surface area contributed by atoms with E-state index in [4.69, 9.17) is 34.4 Å². The van der Waals surface area contributed by atoms with E-state index in [9.17, 15) is 33.9 Å². The second-order valence-corrected chi connectivity index (χ2v) is 15.4. The molecule has 0 saturated carbocycles. The van der Waals surface area contributed by atoms with Crippen LogP contribution in [0.5, 0.6) is 5.75 Å². The Bertz CT molecular complexity index is 2420. The predicted octanol–water partition coefficient (Wildman–Crippen LogP) is 3.82. The molecule has 63 heavy (non-hydrogen) atoms. The number of carbonyl (C=O) groups excluding carboxylic acids is 5. The molecule has 4 aromatic rings. The lowest BCUT2D eigenvalue weighted by molar-refractivity contribution is -0.175. The minimum absolute atomic E-state index is 0.0602. The molecule has 6 N–H and O–H groups in total. The number of carbonyl (C=O) groups is 5. The molecule has 18 nitrogen and oxygen atoms in total. The van der Waals surface area contributed by atoms with E-state index in [1.54, 1.807) is 66.9 Å². The first kappa shape index (κ1) is 46.1. The molecule has 4 heterocycles. The number of amides is 3. The Kier molecular flexibility index (Phi) is 15.1. The van der Waals surface area contributed by atoms with E-state index in [2.05, 4.69) is 16.0 Å². The number of aromatic hydroxyl groups is 1. The molecule has 3 amide bonds. The number of esters is 1. The minimum Gasteiger partial charge on any atom is -0.508 e. The lowest BCUT2D eigenvalue weighted by Crippen LogP contribution is -2.47. The van der Waals surface area contributed by atoms with E-state index < -0.39 is 53.7 Å². The van der Waals surface area contributed by atoms with Gasteiger partial charge in [0, 0.05) is 34.8 Å². The van der Waals surface area contributed by atoms with Crippen molar-refractivity contribution >= 4 is 46.4 Å². The third kappa shape index (κ3) is 10.5. The first-order valence-electron chi connectivity index (χ1n) is 21.1. The zero-order valence-electron chi connectivity index (χ0n) is 35.9. The fraction of sp³-hybridized carbons (Fsp3) is 0.444. The summed E-state index contributed by atoms with van der Waals surface area (Å²) in [7, 11) is 0. The van der Waals surface area contributed by atoms with Crippen molar-refractivity contribution in [2.45, 2.75) is 97.2 Å². The Morgan fingerprint density at radius 1 is 0.968 bits per heavy atom. The number of fused-ring (bicyclic) bond motifs is 5. The van der Waals surface area contributed by atoms with Crippen LogP contribution in [0.2, 0.25) is 0 Å². The van der Waals surface area contributed by atoms with E-state index in [0.29, 0.717) is 73.6 Å². The van der Waals surface area contributed by atoms with Crippen molar-refractivity contribution in [3.63, 3.8) is 0 Å². The summed E-state index contributed by atoms with van der Waals surface area (Å²) in [6.45, 7) is 7.43. The van der Waals surface area contributed by atoms with Gasteiger partial charge in [0.25, 0.3) is 5.56 Å². The maximum Gasteiger partial charge on any atom is 0.510 e. The molecule has 2 aliphatic rings. The number of unbranched alkanes of at least 4 members (excludes halogenated alkanes) is 1. The summed E-state index contributed by atoms with van der Waals surface area (Å²) in [5, 5.41) is 19.1. The van der Waals surface area contributed by atoms with Gasteiger partial charge in [0.05, 0.1) is 35.6 Å².